The summed E-state index contributed by atoms with van der Waals surface area (Å²) >= 11 is 0. The van der Waals surface area contributed by atoms with Crippen molar-refractivity contribution >= 4 is 11.7 Å². The van der Waals surface area contributed by atoms with Crippen LogP contribution < -0.4 is 10.2 Å². The average molecular weight is 314 g/mol. The van der Waals surface area contributed by atoms with Gasteiger partial charge in [-0.3, -0.25) is 4.79 Å². The van der Waals surface area contributed by atoms with E-state index in [1.807, 2.05) is 0 Å². The molecule has 1 saturated heterocycles. The summed E-state index contributed by atoms with van der Waals surface area (Å²) in [4.78, 5) is 14.3. The number of carbonyl (C=O) groups excluding carboxylic acids is 1. The average Bonchev–Trinajstić information content (AvgIpc) is 3.07. The Morgan fingerprint density at radius 3 is 2.74 bits per heavy atom. The van der Waals surface area contributed by atoms with Crippen LogP contribution in [0.2, 0.25) is 0 Å². The van der Waals surface area contributed by atoms with Crippen molar-refractivity contribution in [2.24, 2.45) is 11.8 Å². The van der Waals surface area contributed by atoms with Gasteiger partial charge in [-0.25, -0.2) is 0 Å². The van der Waals surface area contributed by atoms with E-state index in [1.165, 1.54) is 36.9 Å². The zero-order valence-electron chi connectivity index (χ0n) is 13.8. The summed E-state index contributed by atoms with van der Waals surface area (Å²) in [5.74, 6) is 2.12. The van der Waals surface area contributed by atoms with Gasteiger partial charge in [0.1, 0.15) is 0 Å². The molecule has 23 heavy (non-hydrogen) atoms. The van der Waals surface area contributed by atoms with Crippen LogP contribution in [0.1, 0.15) is 49.8 Å². The zero-order chi connectivity index (χ0) is 15.6. The summed E-state index contributed by atoms with van der Waals surface area (Å²) in [6.07, 6.45) is 9.33. The van der Waals surface area contributed by atoms with Gasteiger partial charge in [0, 0.05) is 31.5 Å². The van der Waals surface area contributed by atoms with Gasteiger partial charge >= 0.3 is 0 Å². The number of amides is 1. The first-order valence-electron chi connectivity index (χ1n) is 9.18. The lowest BCUT2D eigenvalue weighted by Gasteiger charge is -2.40. The molecule has 2 heterocycles. The van der Waals surface area contributed by atoms with E-state index in [4.69, 9.17) is 0 Å². The first-order valence-corrected chi connectivity index (χ1v) is 9.18. The van der Waals surface area contributed by atoms with Gasteiger partial charge in [-0.2, -0.15) is 5.10 Å². The van der Waals surface area contributed by atoms with Gasteiger partial charge in [-0.1, -0.05) is 12.8 Å². The van der Waals surface area contributed by atoms with E-state index in [0.717, 1.165) is 51.1 Å². The molecule has 0 radical (unpaired) electrons. The second kappa shape index (κ2) is 6.46. The maximum absolute atomic E-state index is 12.1. The number of carbonyl (C=O) groups is 1. The van der Waals surface area contributed by atoms with E-state index in [9.17, 15) is 4.79 Å². The fraction of sp³-hybridized carbons (Fsp3) is 0.722. The van der Waals surface area contributed by atoms with Crippen LogP contribution in [0, 0.1) is 11.8 Å². The largest absolute Gasteiger partial charge is 0.355 e. The Hall–Kier alpha value is -1.65. The van der Waals surface area contributed by atoms with Crippen molar-refractivity contribution in [2.45, 2.75) is 51.4 Å². The molecule has 0 atom stereocenters. The van der Waals surface area contributed by atoms with Crippen molar-refractivity contribution in [3.63, 3.8) is 0 Å². The molecular formula is C18H26N4O. The van der Waals surface area contributed by atoms with Crippen molar-refractivity contribution in [2.75, 3.05) is 24.5 Å². The highest BCUT2D eigenvalue weighted by atomic mass is 16.1. The predicted molar refractivity (Wildman–Crippen MR) is 89.3 cm³/mol. The van der Waals surface area contributed by atoms with Crippen LogP contribution in [0.4, 0.5) is 5.82 Å². The summed E-state index contributed by atoms with van der Waals surface area (Å²) in [7, 11) is 0. The molecule has 0 unspecified atom stereocenters. The van der Waals surface area contributed by atoms with Gasteiger partial charge < -0.3 is 10.2 Å². The van der Waals surface area contributed by atoms with Gasteiger partial charge in [0.2, 0.25) is 5.91 Å². The standard InChI is InChI=1S/C18H26N4O/c23-18(14-5-1-2-6-14)19-10-13-11-22(12-13)17-9-15-7-3-4-8-16(15)20-21-17/h9,13-14H,1-8,10-12H2,(H,19,23). The molecule has 3 aliphatic rings. The summed E-state index contributed by atoms with van der Waals surface area (Å²) in [5, 5.41) is 12.0. The molecule has 1 aliphatic heterocycles. The van der Waals surface area contributed by atoms with E-state index in [0.29, 0.717) is 5.92 Å². The molecule has 1 N–H and O–H groups in total. The Morgan fingerprint density at radius 2 is 1.91 bits per heavy atom. The maximum atomic E-state index is 12.1. The number of aryl methyl sites for hydroxylation is 2. The Bertz CT molecular complexity index is 576. The highest BCUT2D eigenvalue weighted by Crippen LogP contribution is 2.27. The van der Waals surface area contributed by atoms with Crippen LogP contribution >= 0.6 is 0 Å². The lowest BCUT2D eigenvalue weighted by atomic mass is 9.95. The monoisotopic (exact) mass is 314 g/mol. The van der Waals surface area contributed by atoms with Gasteiger partial charge in [0.15, 0.2) is 5.82 Å². The van der Waals surface area contributed by atoms with Gasteiger partial charge in [0.05, 0.1) is 5.69 Å². The number of hydrogen-bond donors (Lipinski definition) is 1. The SMILES string of the molecule is O=C(NCC1CN(c2cc3c(nn2)CCCC3)C1)C1CCCC1. The van der Waals surface area contributed by atoms with Crippen LogP contribution in [0.3, 0.4) is 0 Å². The quantitative estimate of drug-likeness (QED) is 0.924. The number of aromatic nitrogens is 2. The zero-order valence-corrected chi connectivity index (χ0v) is 13.8. The molecule has 4 rings (SSSR count). The third kappa shape index (κ3) is 3.19. The molecule has 1 saturated carbocycles. The Kier molecular flexibility index (Phi) is 4.19. The highest BCUT2D eigenvalue weighted by molar-refractivity contribution is 5.78. The third-order valence-electron chi connectivity index (χ3n) is 5.63. The van der Waals surface area contributed by atoms with E-state index >= 15 is 0 Å². The molecule has 0 spiro atoms. The van der Waals surface area contributed by atoms with E-state index in [2.05, 4.69) is 26.5 Å². The normalized spacial score (nSPS) is 21.8. The van der Waals surface area contributed by atoms with Crippen molar-refractivity contribution in [1.82, 2.24) is 15.5 Å². The van der Waals surface area contributed by atoms with Crippen molar-refractivity contribution in [3.8, 4) is 0 Å². The molecule has 0 bridgehead atoms. The molecule has 1 aromatic heterocycles. The molecule has 5 nitrogen and oxygen atoms in total. The third-order valence-corrected chi connectivity index (χ3v) is 5.63. The molecule has 5 heteroatoms. The topological polar surface area (TPSA) is 58.1 Å². The Labute approximate surface area is 137 Å². The number of rotatable bonds is 4. The van der Waals surface area contributed by atoms with Crippen LogP contribution in [-0.4, -0.2) is 35.7 Å². The lowest BCUT2D eigenvalue weighted by Crippen LogP contribution is -2.52. The fourth-order valence-corrected chi connectivity index (χ4v) is 4.10. The van der Waals surface area contributed by atoms with Crippen LogP contribution in [0.5, 0.6) is 0 Å². The number of anilines is 1. The van der Waals surface area contributed by atoms with Crippen LogP contribution in [0.25, 0.3) is 0 Å². The van der Waals surface area contributed by atoms with E-state index < -0.39 is 0 Å². The smallest absolute Gasteiger partial charge is 0.223 e. The fourth-order valence-electron chi connectivity index (χ4n) is 4.10. The second-order valence-corrected chi connectivity index (χ2v) is 7.38. The molecule has 0 aromatic carbocycles. The predicted octanol–water partition coefficient (Wildman–Crippen LogP) is 2.10. The minimum absolute atomic E-state index is 0.273. The molecule has 2 aliphatic carbocycles. The summed E-state index contributed by atoms with van der Waals surface area (Å²) < 4.78 is 0. The van der Waals surface area contributed by atoms with Crippen molar-refractivity contribution < 1.29 is 4.79 Å². The van der Waals surface area contributed by atoms with E-state index in [1.54, 1.807) is 0 Å². The second-order valence-electron chi connectivity index (χ2n) is 7.38. The van der Waals surface area contributed by atoms with Gasteiger partial charge in [-0.15, -0.1) is 5.10 Å². The lowest BCUT2D eigenvalue weighted by molar-refractivity contribution is -0.125. The summed E-state index contributed by atoms with van der Waals surface area (Å²) in [6.45, 7) is 2.78. The molecule has 1 aromatic rings. The van der Waals surface area contributed by atoms with Crippen molar-refractivity contribution in [1.29, 1.82) is 0 Å². The highest BCUT2D eigenvalue weighted by Gasteiger charge is 2.30. The summed E-state index contributed by atoms with van der Waals surface area (Å²) in [6, 6.07) is 2.23. The number of hydrogen-bond acceptors (Lipinski definition) is 4. The van der Waals surface area contributed by atoms with Crippen LogP contribution in [0.15, 0.2) is 6.07 Å². The molecule has 124 valence electrons. The number of fused-ring (bicyclic) bond motifs is 1. The maximum Gasteiger partial charge on any atom is 0.223 e. The van der Waals surface area contributed by atoms with E-state index in [-0.39, 0.29) is 11.8 Å². The Balaban J connectivity index is 1.25. The minimum Gasteiger partial charge on any atom is -0.355 e. The van der Waals surface area contributed by atoms with Crippen LogP contribution in [-0.2, 0) is 17.6 Å². The molecular weight excluding hydrogens is 288 g/mol. The summed E-state index contributed by atoms with van der Waals surface area (Å²) in [5.41, 5.74) is 2.58. The first-order chi connectivity index (χ1) is 11.3. The molecule has 2 fully saturated rings. The van der Waals surface area contributed by atoms with Gasteiger partial charge in [-0.05, 0) is 50.2 Å². The van der Waals surface area contributed by atoms with Gasteiger partial charge in [0.25, 0.3) is 0 Å². The Morgan fingerprint density at radius 1 is 1.13 bits per heavy atom. The first kappa shape index (κ1) is 14.9. The number of nitrogens with one attached hydrogen (secondary N) is 1. The van der Waals surface area contributed by atoms with Crippen molar-refractivity contribution in [3.05, 3.63) is 17.3 Å². The number of nitrogens with zero attached hydrogens (tertiary/aromatic N) is 3. The minimum atomic E-state index is 0.273. The molecule has 1 amide bonds.